The molecule has 0 aromatic heterocycles. The molecule has 0 bridgehead atoms. The molecule has 0 radical (unpaired) electrons. The van der Waals surface area contributed by atoms with Gasteiger partial charge >= 0.3 is 0 Å². The Labute approximate surface area is 140 Å². The Morgan fingerprint density at radius 3 is 1.09 bits per heavy atom. The molecule has 0 saturated carbocycles. The topological polar surface area (TPSA) is 27.7 Å². The van der Waals surface area contributed by atoms with Gasteiger partial charge in [-0.1, -0.05) is 48.0 Å². The van der Waals surface area contributed by atoms with Gasteiger partial charge in [-0.3, -0.25) is 0 Å². The first-order valence-corrected chi connectivity index (χ1v) is 11.2. The molecule has 0 aliphatic rings. The van der Waals surface area contributed by atoms with Crippen LogP contribution in [0.1, 0.15) is 59.3 Å². The van der Waals surface area contributed by atoms with Gasteiger partial charge in [0.25, 0.3) is 0 Å². The summed E-state index contributed by atoms with van der Waals surface area (Å²) in [7, 11) is 0.00171. The molecule has 0 rings (SSSR count). The third kappa shape index (κ3) is 16.7. The van der Waals surface area contributed by atoms with Crippen molar-refractivity contribution in [2.75, 3.05) is 58.1 Å². The van der Waals surface area contributed by atoms with E-state index in [2.05, 4.69) is 20.8 Å². The van der Waals surface area contributed by atoms with Crippen molar-refractivity contribution in [2.45, 2.75) is 59.3 Å². The van der Waals surface area contributed by atoms with Gasteiger partial charge in [-0.25, -0.2) is 0 Å². The van der Waals surface area contributed by atoms with Gasteiger partial charge in [0.05, 0.1) is 19.8 Å². The quantitative estimate of drug-likeness (QED) is 0.263. The zero-order valence-electron chi connectivity index (χ0n) is 15.3. The maximum atomic E-state index is 5.73. The molecule has 134 valence electrons. The molecule has 0 fully saturated rings. The summed E-state index contributed by atoms with van der Waals surface area (Å²) in [5.41, 5.74) is 0. The fourth-order valence-corrected chi connectivity index (χ4v) is 3.79. The van der Waals surface area contributed by atoms with Crippen molar-refractivity contribution in [1.29, 1.82) is 0 Å². The highest BCUT2D eigenvalue weighted by Crippen LogP contribution is 2.34. The first-order valence-electron chi connectivity index (χ1n) is 9.30. The molecule has 0 spiro atoms. The van der Waals surface area contributed by atoms with Crippen LogP contribution in [0.15, 0.2) is 0 Å². The van der Waals surface area contributed by atoms with Crippen molar-refractivity contribution in [3.8, 4) is 0 Å². The first-order chi connectivity index (χ1) is 10.8. The Morgan fingerprint density at radius 2 is 0.818 bits per heavy atom. The van der Waals surface area contributed by atoms with Crippen LogP contribution in [0.25, 0.3) is 0 Å². The van der Waals surface area contributed by atoms with E-state index in [0.29, 0.717) is 0 Å². The second kappa shape index (κ2) is 19.4. The summed E-state index contributed by atoms with van der Waals surface area (Å²) >= 11 is 0. The van der Waals surface area contributed by atoms with Crippen molar-refractivity contribution in [3.05, 3.63) is 0 Å². The standard InChI is InChI=1S/C18H39O3P/c1-4-7-10-19-13-16-22(17-14-20-11-8-5-2)18-15-21-12-9-6-3/h4-18H2,1-3H3. The molecule has 0 saturated heterocycles. The first kappa shape index (κ1) is 22.3. The van der Waals surface area contributed by atoms with Crippen molar-refractivity contribution < 1.29 is 14.2 Å². The average molecular weight is 334 g/mol. The molecule has 0 N–H and O–H groups in total. The Balaban J connectivity index is 3.72. The molecular formula is C18H39O3P. The maximum absolute atomic E-state index is 5.73. The lowest BCUT2D eigenvalue weighted by molar-refractivity contribution is 0.139. The van der Waals surface area contributed by atoms with Crippen molar-refractivity contribution in [2.24, 2.45) is 0 Å². The van der Waals surface area contributed by atoms with E-state index in [1.165, 1.54) is 57.0 Å². The van der Waals surface area contributed by atoms with Crippen LogP contribution in [0.5, 0.6) is 0 Å². The fourth-order valence-electron chi connectivity index (χ4n) is 1.96. The fraction of sp³-hybridized carbons (Fsp3) is 1.00. The summed E-state index contributed by atoms with van der Waals surface area (Å²) in [5.74, 6) is 0. The normalized spacial score (nSPS) is 11.5. The summed E-state index contributed by atoms with van der Waals surface area (Å²) in [6, 6.07) is 0. The van der Waals surface area contributed by atoms with E-state index in [1.54, 1.807) is 0 Å². The molecule has 3 nitrogen and oxygen atoms in total. The van der Waals surface area contributed by atoms with Crippen LogP contribution in [-0.4, -0.2) is 58.1 Å². The molecule has 0 aromatic rings. The summed E-state index contributed by atoms with van der Waals surface area (Å²) in [6.45, 7) is 12.1. The molecule has 22 heavy (non-hydrogen) atoms. The third-order valence-electron chi connectivity index (χ3n) is 3.58. The Bertz CT molecular complexity index is 169. The molecule has 0 atom stereocenters. The van der Waals surface area contributed by atoms with Crippen LogP contribution in [0.3, 0.4) is 0 Å². The number of rotatable bonds is 18. The molecule has 0 heterocycles. The van der Waals surface area contributed by atoms with E-state index in [9.17, 15) is 0 Å². The zero-order valence-corrected chi connectivity index (χ0v) is 16.2. The zero-order chi connectivity index (χ0) is 16.3. The molecule has 4 heteroatoms. The van der Waals surface area contributed by atoms with E-state index < -0.39 is 0 Å². The molecule has 0 aliphatic heterocycles. The Kier molecular flexibility index (Phi) is 19.6. The summed E-state index contributed by atoms with van der Waals surface area (Å²) in [6.07, 6.45) is 10.8. The number of ether oxygens (including phenoxy) is 3. The summed E-state index contributed by atoms with van der Waals surface area (Å²) in [5, 5.41) is 0. The van der Waals surface area contributed by atoms with E-state index in [-0.39, 0.29) is 7.92 Å². The molecule has 0 aliphatic carbocycles. The highest BCUT2D eigenvalue weighted by Gasteiger charge is 2.08. The van der Waals surface area contributed by atoms with Crippen molar-refractivity contribution >= 4 is 7.92 Å². The average Bonchev–Trinajstić information content (AvgIpc) is 2.53. The van der Waals surface area contributed by atoms with Gasteiger partial charge in [0.15, 0.2) is 0 Å². The lowest BCUT2D eigenvalue weighted by Crippen LogP contribution is -2.11. The highest BCUT2D eigenvalue weighted by molar-refractivity contribution is 7.57. The third-order valence-corrected chi connectivity index (χ3v) is 6.03. The second-order valence-corrected chi connectivity index (χ2v) is 8.42. The minimum atomic E-state index is 0.00171. The summed E-state index contributed by atoms with van der Waals surface area (Å²) < 4.78 is 17.2. The van der Waals surface area contributed by atoms with Gasteiger partial charge in [-0.05, 0) is 37.7 Å². The smallest absolute Gasteiger partial charge is 0.0505 e. The number of hydrogen-bond acceptors (Lipinski definition) is 3. The highest BCUT2D eigenvalue weighted by atomic mass is 31.1. The van der Waals surface area contributed by atoms with Gasteiger partial charge in [0.1, 0.15) is 0 Å². The number of hydrogen-bond donors (Lipinski definition) is 0. The van der Waals surface area contributed by atoms with E-state index in [4.69, 9.17) is 14.2 Å². The lowest BCUT2D eigenvalue weighted by atomic mass is 10.4. The minimum absolute atomic E-state index is 0.00171. The Hall–Kier alpha value is 0.310. The van der Waals surface area contributed by atoms with Crippen LogP contribution in [0, 0.1) is 0 Å². The second-order valence-electron chi connectivity index (χ2n) is 5.74. The predicted octanol–water partition coefficient (Wildman–Crippen LogP) is 4.92. The predicted molar refractivity (Wildman–Crippen MR) is 98.7 cm³/mol. The van der Waals surface area contributed by atoms with Gasteiger partial charge in [0.2, 0.25) is 0 Å². The minimum Gasteiger partial charge on any atom is -0.381 e. The largest absolute Gasteiger partial charge is 0.381 e. The monoisotopic (exact) mass is 334 g/mol. The van der Waals surface area contributed by atoms with Crippen molar-refractivity contribution in [1.82, 2.24) is 0 Å². The van der Waals surface area contributed by atoms with Gasteiger partial charge in [0, 0.05) is 19.8 Å². The Morgan fingerprint density at radius 1 is 0.500 bits per heavy atom. The van der Waals surface area contributed by atoms with Crippen LogP contribution in [-0.2, 0) is 14.2 Å². The van der Waals surface area contributed by atoms with Crippen LogP contribution in [0.4, 0.5) is 0 Å². The van der Waals surface area contributed by atoms with Gasteiger partial charge < -0.3 is 14.2 Å². The van der Waals surface area contributed by atoms with E-state index >= 15 is 0 Å². The SMILES string of the molecule is CCCCOCCP(CCOCCCC)CCOCCCC. The lowest BCUT2D eigenvalue weighted by Gasteiger charge is -2.18. The molecular weight excluding hydrogens is 295 g/mol. The molecule has 0 unspecified atom stereocenters. The van der Waals surface area contributed by atoms with Crippen LogP contribution >= 0.6 is 7.92 Å². The van der Waals surface area contributed by atoms with Crippen molar-refractivity contribution in [3.63, 3.8) is 0 Å². The van der Waals surface area contributed by atoms with Crippen LogP contribution < -0.4 is 0 Å². The van der Waals surface area contributed by atoms with Gasteiger partial charge in [-0.15, -0.1) is 0 Å². The molecule has 0 aromatic carbocycles. The summed E-state index contributed by atoms with van der Waals surface area (Å²) in [4.78, 5) is 0. The van der Waals surface area contributed by atoms with E-state index in [1.807, 2.05) is 0 Å². The number of unbranched alkanes of at least 4 members (excludes halogenated alkanes) is 3. The van der Waals surface area contributed by atoms with Crippen LogP contribution in [0.2, 0.25) is 0 Å². The maximum Gasteiger partial charge on any atom is 0.0505 e. The van der Waals surface area contributed by atoms with E-state index in [0.717, 1.165) is 39.6 Å². The van der Waals surface area contributed by atoms with Gasteiger partial charge in [-0.2, -0.15) is 0 Å². The molecule has 0 amide bonds.